The largest absolute Gasteiger partial charge is 0.389 e. The van der Waals surface area contributed by atoms with Crippen LogP contribution in [-0.4, -0.2) is 62.9 Å². The minimum Gasteiger partial charge on any atom is -0.389 e. The first kappa shape index (κ1) is 17.1. The fourth-order valence-electron chi connectivity index (χ4n) is 3.14. The van der Waals surface area contributed by atoms with Crippen LogP contribution in [0.25, 0.3) is 5.69 Å². The predicted octanol–water partition coefficient (Wildman–Crippen LogP) is 1.20. The topological polar surface area (TPSA) is 70.8 Å². The number of aromatic nitrogens is 2. The van der Waals surface area contributed by atoms with E-state index in [1.807, 2.05) is 29.1 Å². The van der Waals surface area contributed by atoms with Crippen molar-refractivity contribution < 1.29 is 14.9 Å². The quantitative estimate of drug-likeness (QED) is 0.832. The van der Waals surface area contributed by atoms with E-state index in [1.54, 1.807) is 6.20 Å². The molecule has 3 atom stereocenters. The number of ether oxygens (including phenoxy) is 1. The van der Waals surface area contributed by atoms with Gasteiger partial charge in [0, 0.05) is 18.9 Å². The molecule has 1 saturated heterocycles. The summed E-state index contributed by atoms with van der Waals surface area (Å²) in [6.45, 7) is 4.32. The molecule has 6 heteroatoms. The molecule has 0 radical (unpaired) electrons. The highest BCUT2D eigenvalue weighted by Crippen LogP contribution is 2.19. The molecule has 130 valence electrons. The third kappa shape index (κ3) is 3.84. The highest BCUT2D eigenvalue weighted by molar-refractivity contribution is 5.33. The van der Waals surface area contributed by atoms with Crippen molar-refractivity contribution in [3.8, 4) is 5.69 Å². The third-order valence-electron chi connectivity index (χ3n) is 4.44. The van der Waals surface area contributed by atoms with Crippen LogP contribution in [0, 0.1) is 0 Å². The molecule has 1 aliphatic heterocycles. The molecular weight excluding hydrogens is 306 g/mol. The van der Waals surface area contributed by atoms with Gasteiger partial charge in [0.05, 0.1) is 31.0 Å². The van der Waals surface area contributed by atoms with Crippen LogP contribution in [0.2, 0.25) is 0 Å². The zero-order valence-corrected chi connectivity index (χ0v) is 14.0. The number of benzene rings is 1. The summed E-state index contributed by atoms with van der Waals surface area (Å²) in [5, 5.41) is 24.4. The highest BCUT2D eigenvalue weighted by Gasteiger charge is 2.35. The zero-order chi connectivity index (χ0) is 16.9. The van der Waals surface area contributed by atoms with Crippen molar-refractivity contribution in [1.82, 2.24) is 14.7 Å². The SMILES string of the molecule is CCCN(Cc1ccc(-n2cccn2)cc1)[C@@H]1COC[C@@H](O)[C@H]1O. The third-order valence-corrected chi connectivity index (χ3v) is 4.44. The molecule has 0 unspecified atom stereocenters. The van der Waals surface area contributed by atoms with E-state index >= 15 is 0 Å². The summed E-state index contributed by atoms with van der Waals surface area (Å²) in [4.78, 5) is 2.19. The van der Waals surface area contributed by atoms with Gasteiger partial charge in [0.25, 0.3) is 0 Å². The fourth-order valence-corrected chi connectivity index (χ4v) is 3.14. The van der Waals surface area contributed by atoms with Crippen LogP contribution in [0.15, 0.2) is 42.7 Å². The molecular formula is C18H25N3O3. The average molecular weight is 331 g/mol. The van der Waals surface area contributed by atoms with E-state index in [4.69, 9.17) is 4.74 Å². The molecule has 1 aromatic heterocycles. The Morgan fingerprint density at radius 1 is 1.25 bits per heavy atom. The molecule has 0 spiro atoms. The van der Waals surface area contributed by atoms with Crippen molar-refractivity contribution in [2.45, 2.75) is 38.1 Å². The molecule has 0 aliphatic carbocycles. The van der Waals surface area contributed by atoms with Crippen molar-refractivity contribution in [3.05, 3.63) is 48.3 Å². The molecule has 0 saturated carbocycles. The summed E-state index contributed by atoms with van der Waals surface area (Å²) in [5.74, 6) is 0. The van der Waals surface area contributed by atoms with Gasteiger partial charge in [-0.2, -0.15) is 5.10 Å². The lowest BCUT2D eigenvalue weighted by Gasteiger charge is -2.39. The molecule has 2 N–H and O–H groups in total. The molecule has 2 heterocycles. The van der Waals surface area contributed by atoms with Gasteiger partial charge in [0.2, 0.25) is 0 Å². The van der Waals surface area contributed by atoms with Crippen LogP contribution >= 0.6 is 0 Å². The minimum atomic E-state index is -0.815. The van der Waals surface area contributed by atoms with Crippen LogP contribution < -0.4 is 0 Å². The maximum Gasteiger partial charge on any atom is 0.105 e. The van der Waals surface area contributed by atoms with Crippen molar-refractivity contribution in [3.63, 3.8) is 0 Å². The Bertz CT molecular complexity index is 615. The number of rotatable bonds is 6. The molecule has 1 aromatic carbocycles. The molecule has 24 heavy (non-hydrogen) atoms. The number of hydrogen-bond acceptors (Lipinski definition) is 5. The first-order valence-electron chi connectivity index (χ1n) is 8.46. The molecule has 0 amide bonds. The Kier molecular flexibility index (Phi) is 5.63. The van der Waals surface area contributed by atoms with Crippen molar-refractivity contribution in [1.29, 1.82) is 0 Å². The monoisotopic (exact) mass is 331 g/mol. The van der Waals surface area contributed by atoms with Crippen molar-refractivity contribution in [2.24, 2.45) is 0 Å². The Morgan fingerprint density at radius 3 is 2.71 bits per heavy atom. The van der Waals surface area contributed by atoms with Crippen LogP contribution in [0.4, 0.5) is 0 Å². The second-order valence-corrected chi connectivity index (χ2v) is 6.25. The van der Waals surface area contributed by atoms with Gasteiger partial charge in [0.1, 0.15) is 6.10 Å². The van der Waals surface area contributed by atoms with Crippen LogP contribution in [0.3, 0.4) is 0 Å². The molecule has 1 fully saturated rings. The lowest BCUT2D eigenvalue weighted by Crippen LogP contribution is -2.55. The molecule has 1 aliphatic rings. The Balaban J connectivity index is 1.71. The molecule has 6 nitrogen and oxygen atoms in total. The van der Waals surface area contributed by atoms with Gasteiger partial charge in [-0.1, -0.05) is 19.1 Å². The second kappa shape index (κ2) is 7.90. The van der Waals surface area contributed by atoms with E-state index in [-0.39, 0.29) is 12.6 Å². The van der Waals surface area contributed by atoms with E-state index in [0.29, 0.717) is 13.2 Å². The van der Waals surface area contributed by atoms with Crippen LogP contribution in [0.5, 0.6) is 0 Å². The lowest BCUT2D eigenvalue weighted by atomic mass is 10.0. The molecule has 3 rings (SSSR count). The number of hydrogen-bond donors (Lipinski definition) is 2. The summed E-state index contributed by atoms with van der Waals surface area (Å²) >= 11 is 0. The predicted molar refractivity (Wildman–Crippen MR) is 90.9 cm³/mol. The maximum atomic E-state index is 10.3. The Morgan fingerprint density at radius 2 is 2.04 bits per heavy atom. The first-order valence-corrected chi connectivity index (χ1v) is 8.46. The molecule has 2 aromatic rings. The van der Waals surface area contributed by atoms with Gasteiger partial charge < -0.3 is 14.9 Å². The van der Waals surface area contributed by atoms with Crippen molar-refractivity contribution in [2.75, 3.05) is 19.8 Å². The summed E-state index contributed by atoms with van der Waals surface area (Å²) in [6.07, 6.45) is 3.06. The van der Waals surface area contributed by atoms with Gasteiger partial charge in [-0.05, 0) is 36.7 Å². The minimum absolute atomic E-state index is 0.181. The van der Waals surface area contributed by atoms with Gasteiger partial charge in [-0.3, -0.25) is 4.90 Å². The average Bonchev–Trinajstić information content (AvgIpc) is 3.12. The van der Waals surface area contributed by atoms with Gasteiger partial charge in [0.15, 0.2) is 0 Å². The summed E-state index contributed by atoms with van der Waals surface area (Å²) in [7, 11) is 0. The van der Waals surface area contributed by atoms with Crippen LogP contribution in [-0.2, 0) is 11.3 Å². The number of nitrogens with zero attached hydrogens (tertiary/aromatic N) is 3. The van der Waals surface area contributed by atoms with Crippen LogP contribution in [0.1, 0.15) is 18.9 Å². The highest BCUT2D eigenvalue weighted by atomic mass is 16.5. The van der Waals surface area contributed by atoms with E-state index in [9.17, 15) is 10.2 Å². The number of aliphatic hydroxyl groups excluding tert-OH is 2. The number of aliphatic hydroxyl groups is 2. The lowest BCUT2D eigenvalue weighted by molar-refractivity contribution is -0.134. The Hall–Kier alpha value is -1.73. The Labute approximate surface area is 142 Å². The maximum absolute atomic E-state index is 10.3. The summed E-state index contributed by atoms with van der Waals surface area (Å²) in [6, 6.07) is 9.94. The first-order chi connectivity index (χ1) is 11.7. The van der Waals surface area contributed by atoms with E-state index in [0.717, 1.165) is 24.2 Å². The van der Waals surface area contributed by atoms with E-state index in [1.165, 1.54) is 0 Å². The summed E-state index contributed by atoms with van der Waals surface area (Å²) in [5.41, 5.74) is 2.17. The fraction of sp³-hybridized carbons (Fsp3) is 0.500. The smallest absolute Gasteiger partial charge is 0.105 e. The molecule has 0 bridgehead atoms. The normalized spacial score (nSPS) is 24.4. The van der Waals surface area contributed by atoms with E-state index < -0.39 is 12.2 Å². The van der Waals surface area contributed by atoms with Crippen molar-refractivity contribution >= 4 is 0 Å². The second-order valence-electron chi connectivity index (χ2n) is 6.25. The summed E-state index contributed by atoms with van der Waals surface area (Å²) < 4.78 is 7.26. The van der Waals surface area contributed by atoms with Gasteiger partial charge in [-0.15, -0.1) is 0 Å². The zero-order valence-electron chi connectivity index (χ0n) is 14.0. The van der Waals surface area contributed by atoms with Gasteiger partial charge in [-0.25, -0.2) is 4.68 Å². The standard InChI is InChI=1S/C18H25N3O3/c1-2-9-20(16-12-24-13-17(22)18(16)23)11-14-4-6-15(7-5-14)21-10-3-8-19-21/h3-8,10,16-18,22-23H,2,9,11-13H2,1H3/t16-,17-,18+/m1/s1. The van der Waals surface area contributed by atoms with Gasteiger partial charge >= 0.3 is 0 Å². The van der Waals surface area contributed by atoms with E-state index in [2.05, 4.69) is 29.1 Å².